The molecule has 0 amide bonds. The van der Waals surface area contributed by atoms with Gasteiger partial charge in [0.2, 0.25) is 0 Å². The number of benzene rings is 1. The molecule has 2 atom stereocenters. The summed E-state index contributed by atoms with van der Waals surface area (Å²) in [6.45, 7) is 6.49. The summed E-state index contributed by atoms with van der Waals surface area (Å²) in [4.78, 5) is 2.67. The standard InChI is InChI=1S/C18H27NO2/c1-2-9-19(12-14-8-10-21-13-14)16-6-7-17-15(11-16)4-3-5-18(17)20/h3-5,14,16,20H,2,6-13H2,1H3/t14?,16-/m0/s1. The normalized spacial score (nSPS) is 25.2. The SMILES string of the molecule is CCCN(CC1CCOC1)[C@H]1CCc2c(O)cccc2C1. The van der Waals surface area contributed by atoms with E-state index in [2.05, 4.69) is 17.9 Å². The summed E-state index contributed by atoms with van der Waals surface area (Å²) in [6.07, 6.45) is 5.67. The molecule has 1 unspecified atom stereocenters. The third-order valence-corrected chi connectivity index (χ3v) is 4.98. The smallest absolute Gasteiger partial charge is 0.119 e. The summed E-state index contributed by atoms with van der Waals surface area (Å²) in [5.41, 5.74) is 2.52. The lowest BCUT2D eigenvalue weighted by atomic mass is 9.86. The van der Waals surface area contributed by atoms with Crippen LogP contribution in [0.25, 0.3) is 0 Å². The quantitative estimate of drug-likeness (QED) is 0.904. The van der Waals surface area contributed by atoms with Crippen molar-refractivity contribution in [1.29, 1.82) is 0 Å². The van der Waals surface area contributed by atoms with Gasteiger partial charge in [-0.05, 0) is 61.8 Å². The Morgan fingerprint density at radius 3 is 3.00 bits per heavy atom. The first-order valence-electron chi connectivity index (χ1n) is 8.39. The van der Waals surface area contributed by atoms with E-state index >= 15 is 0 Å². The van der Waals surface area contributed by atoms with E-state index in [1.165, 1.54) is 37.1 Å². The van der Waals surface area contributed by atoms with Crippen LogP contribution < -0.4 is 0 Å². The Hall–Kier alpha value is -1.06. The van der Waals surface area contributed by atoms with Crippen molar-refractivity contribution >= 4 is 0 Å². The van der Waals surface area contributed by atoms with Gasteiger partial charge >= 0.3 is 0 Å². The molecule has 1 saturated heterocycles. The fourth-order valence-corrected chi connectivity index (χ4v) is 3.85. The number of phenolic OH excluding ortho intramolecular Hbond substituents is 1. The highest BCUT2D eigenvalue weighted by Gasteiger charge is 2.28. The first kappa shape index (κ1) is 14.9. The van der Waals surface area contributed by atoms with Crippen molar-refractivity contribution in [2.24, 2.45) is 5.92 Å². The van der Waals surface area contributed by atoms with Crippen molar-refractivity contribution in [1.82, 2.24) is 4.90 Å². The maximum atomic E-state index is 9.98. The third kappa shape index (κ3) is 3.41. The van der Waals surface area contributed by atoms with Crippen LogP contribution in [0.4, 0.5) is 0 Å². The maximum absolute atomic E-state index is 9.98. The minimum absolute atomic E-state index is 0.484. The monoisotopic (exact) mass is 289 g/mol. The fourth-order valence-electron chi connectivity index (χ4n) is 3.85. The number of ether oxygens (including phenoxy) is 1. The van der Waals surface area contributed by atoms with Crippen LogP contribution in [0.2, 0.25) is 0 Å². The summed E-state index contributed by atoms with van der Waals surface area (Å²) in [6, 6.07) is 6.61. The second kappa shape index (κ2) is 6.80. The Balaban J connectivity index is 1.69. The van der Waals surface area contributed by atoms with E-state index in [0.29, 0.717) is 17.7 Å². The molecule has 1 aliphatic carbocycles. The van der Waals surface area contributed by atoms with Gasteiger partial charge in [0.15, 0.2) is 0 Å². The topological polar surface area (TPSA) is 32.7 Å². The van der Waals surface area contributed by atoms with Gasteiger partial charge in [0.25, 0.3) is 0 Å². The number of nitrogens with zero attached hydrogens (tertiary/aromatic N) is 1. The van der Waals surface area contributed by atoms with Crippen molar-refractivity contribution < 1.29 is 9.84 Å². The van der Waals surface area contributed by atoms with Gasteiger partial charge < -0.3 is 9.84 Å². The molecule has 1 heterocycles. The van der Waals surface area contributed by atoms with Crippen molar-refractivity contribution in [3.8, 4) is 5.75 Å². The second-order valence-electron chi connectivity index (χ2n) is 6.54. The zero-order valence-electron chi connectivity index (χ0n) is 13.1. The van der Waals surface area contributed by atoms with E-state index in [9.17, 15) is 5.11 Å². The fraction of sp³-hybridized carbons (Fsp3) is 0.667. The highest BCUT2D eigenvalue weighted by Crippen LogP contribution is 2.31. The summed E-state index contributed by atoms with van der Waals surface area (Å²) >= 11 is 0. The van der Waals surface area contributed by atoms with Crippen LogP contribution in [0.15, 0.2) is 18.2 Å². The molecule has 3 nitrogen and oxygen atoms in total. The minimum Gasteiger partial charge on any atom is -0.508 e. The highest BCUT2D eigenvalue weighted by atomic mass is 16.5. The molecular weight excluding hydrogens is 262 g/mol. The lowest BCUT2D eigenvalue weighted by molar-refractivity contribution is 0.134. The van der Waals surface area contributed by atoms with Crippen LogP contribution >= 0.6 is 0 Å². The van der Waals surface area contributed by atoms with Gasteiger partial charge in [-0.25, -0.2) is 0 Å². The average Bonchev–Trinajstić information content (AvgIpc) is 3.00. The summed E-state index contributed by atoms with van der Waals surface area (Å²) in [7, 11) is 0. The van der Waals surface area contributed by atoms with Gasteiger partial charge in [-0.1, -0.05) is 19.1 Å². The van der Waals surface area contributed by atoms with E-state index in [1.54, 1.807) is 0 Å². The first-order valence-corrected chi connectivity index (χ1v) is 8.39. The van der Waals surface area contributed by atoms with Gasteiger partial charge in [0.05, 0.1) is 6.61 Å². The van der Waals surface area contributed by atoms with Crippen LogP contribution in [-0.4, -0.2) is 42.4 Å². The van der Waals surface area contributed by atoms with Gasteiger partial charge in [-0.3, -0.25) is 4.90 Å². The molecule has 1 aliphatic heterocycles. The van der Waals surface area contributed by atoms with Crippen LogP contribution in [0.3, 0.4) is 0 Å². The largest absolute Gasteiger partial charge is 0.508 e. The van der Waals surface area contributed by atoms with Gasteiger partial charge in [-0.15, -0.1) is 0 Å². The second-order valence-corrected chi connectivity index (χ2v) is 6.54. The number of hydrogen-bond acceptors (Lipinski definition) is 3. The minimum atomic E-state index is 0.484. The van der Waals surface area contributed by atoms with Crippen molar-refractivity contribution in [3.05, 3.63) is 29.3 Å². The van der Waals surface area contributed by atoms with Crippen LogP contribution in [0.1, 0.15) is 37.3 Å². The molecule has 1 N–H and O–H groups in total. The van der Waals surface area contributed by atoms with E-state index < -0.39 is 0 Å². The van der Waals surface area contributed by atoms with Crippen molar-refractivity contribution in [2.75, 3.05) is 26.3 Å². The molecule has 21 heavy (non-hydrogen) atoms. The summed E-state index contributed by atoms with van der Waals surface area (Å²) < 4.78 is 5.54. The number of hydrogen-bond donors (Lipinski definition) is 1. The molecular formula is C18H27NO2. The number of fused-ring (bicyclic) bond motifs is 1. The lowest BCUT2D eigenvalue weighted by Gasteiger charge is -2.36. The Labute approximate surface area is 127 Å². The van der Waals surface area contributed by atoms with E-state index in [0.717, 1.165) is 32.5 Å². The van der Waals surface area contributed by atoms with Crippen molar-refractivity contribution in [2.45, 2.75) is 45.1 Å². The van der Waals surface area contributed by atoms with E-state index in [1.807, 2.05) is 12.1 Å². The maximum Gasteiger partial charge on any atom is 0.119 e. The first-order chi connectivity index (χ1) is 10.3. The van der Waals surface area contributed by atoms with Crippen LogP contribution in [0.5, 0.6) is 5.75 Å². The average molecular weight is 289 g/mol. The highest BCUT2D eigenvalue weighted by molar-refractivity contribution is 5.41. The van der Waals surface area contributed by atoms with Gasteiger partial charge in [0, 0.05) is 19.2 Å². The number of rotatable bonds is 5. The Morgan fingerprint density at radius 1 is 1.33 bits per heavy atom. The van der Waals surface area contributed by atoms with Crippen molar-refractivity contribution in [3.63, 3.8) is 0 Å². The third-order valence-electron chi connectivity index (χ3n) is 4.98. The van der Waals surface area contributed by atoms with E-state index in [-0.39, 0.29) is 0 Å². The predicted octanol–water partition coefficient (Wildman–Crippen LogP) is 3.00. The van der Waals surface area contributed by atoms with Gasteiger partial charge in [-0.2, -0.15) is 0 Å². The molecule has 1 fully saturated rings. The van der Waals surface area contributed by atoms with Crippen LogP contribution in [-0.2, 0) is 17.6 Å². The number of aromatic hydroxyl groups is 1. The zero-order valence-corrected chi connectivity index (χ0v) is 13.1. The molecule has 0 bridgehead atoms. The van der Waals surface area contributed by atoms with Crippen LogP contribution in [0, 0.1) is 5.92 Å². The molecule has 3 heteroatoms. The lowest BCUT2D eigenvalue weighted by Crippen LogP contribution is -2.42. The molecule has 2 aliphatic rings. The molecule has 0 aromatic heterocycles. The Bertz CT molecular complexity index is 468. The molecule has 0 saturated carbocycles. The zero-order chi connectivity index (χ0) is 14.7. The molecule has 116 valence electrons. The summed E-state index contributed by atoms with van der Waals surface area (Å²) in [5.74, 6) is 1.19. The molecule has 3 rings (SSSR count). The molecule has 1 aromatic rings. The van der Waals surface area contributed by atoms with Gasteiger partial charge in [0.1, 0.15) is 5.75 Å². The molecule has 0 radical (unpaired) electrons. The molecule has 1 aromatic carbocycles. The Morgan fingerprint density at radius 2 is 2.24 bits per heavy atom. The Kier molecular flexibility index (Phi) is 4.81. The number of phenols is 1. The predicted molar refractivity (Wildman–Crippen MR) is 84.7 cm³/mol. The van der Waals surface area contributed by atoms with E-state index in [4.69, 9.17) is 4.74 Å². The summed E-state index contributed by atoms with van der Waals surface area (Å²) in [5, 5.41) is 9.98. The molecule has 0 spiro atoms.